The molecule has 0 saturated carbocycles. The van der Waals surface area contributed by atoms with Gasteiger partial charge in [-0.15, -0.1) is 11.3 Å². The predicted molar refractivity (Wildman–Crippen MR) is 74.0 cm³/mol. The molecular formula is C12H18N4O2S. The molecule has 0 aromatic carbocycles. The Morgan fingerprint density at radius 2 is 2.26 bits per heavy atom. The zero-order chi connectivity index (χ0) is 14.0. The van der Waals surface area contributed by atoms with Gasteiger partial charge in [-0.3, -0.25) is 9.83 Å². The Balaban J connectivity index is 1.91. The van der Waals surface area contributed by atoms with Crippen LogP contribution in [0.2, 0.25) is 0 Å². The van der Waals surface area contributed by atoms with Gasteiger partial charge in [0.05, 0.1) is 17.9 Å². The molecule has 0 spiro atoms. The average Bonchev–Trinajstić information content (AvgIpc) is 2.78. The molecule has 2 aromatic rings. The number of imidazole rings is 1. The summed E-state index contributed by atoms with van der Waals surface area (Å²) in [5, 5.41) is 1.98. The molecule has 0 saturated heterocycles. The Hall–Kier alpha value is -1.60. The van der Waals surface area contributed by atoms with Crippen LogP contribution in [0.1, 0.15) is 32.2 Å². The van der Waals surface area contributed by atoms with E-state index in [1.165, 1.54) is 0 Å². The zero-order valence-electron chi connectivity index (χ0n) is 11.5. The molecule has 0 unspecified atom stereocenters. The molecule has 0 aliphatic heterocycles. The van der Waals surface area contributed by atoms with E-state index in [4.69, 9.17) is 4.74 Å². The van der Waals surface area contributed by atoms with Crippen molar-refractivity contribution < 1.29 is 9.53 Å². The van der Waals surface area contributed by atoms with Crippen molar-refractivity contribution in [2.75, 3.05) is 0 Å². The minimum Gasteiger partial charge on any atom is -0.443 e. The molecule has 0 aliphatic rings. The second-order valence-corrected chi connectivity index (χ2v) is 6.05. The Labute approximate surface area is 115 Å². The van der Waals surface area contributed by atoms with Crippen LogP contribution in [0.4, 0.5) is 4.79 Å². The van der Waals surface area contributed by atoms with Gasteiger partial charge in [-0.2, -0.15) is 0 Å². The fourth-order valence-electron chi connectivity index (χ4n) is 1.66. The summed E-state index contributed by atoms with van der Waals surface area (Å²) in [4.78, 5) is 16.8. The summed E-state index contributed by atoms with van der Waals surface area (Å²) in [6.45, 7) is 7.90. The highest BCUT2D eigenvalue weighted by Crippen LogP contribution is 2.16. The van der Waals surface area contributed by atoms with Gasteiger partial charge < -0.3 is 4.74 Å². The van der Waals surface area contributed by atoms with Gasteiger partial charge in [-0.05, 0) is 27.7 Å². The number of carbonyl (C=O) groups excluding carboxylic acids is 1. The van der Waals surface area contributed by atoms with Crippen LogP contribution in [0.25, 0.3) is 4.96 Å². The van der Waals surface area contributed by atoms with E-state index in [1.54, 1.807) is 11.3 Å². The first-order chi connectivity index (χ1) is 8.87. The van der Waals surface area contributed by atoms with Gasteiger partial charge in [0.15, 0.2) is 4.96 Å². The van der Waals surface area contributed by atoms with Crippen LogP contribution in [0.5, 0.6) is 0 Å². The van der Waals surface area contributed by atoms with Gasteiger partial charge in [-0.1, -0.05) is 0 Å². The van der Waals surface area contributed by atoms with Crippen LogP contribution in [-0.2, 0) is 11.3 Å². The molecule has 0 fully saturated rings. The van der Waals surface area contributed by atoms with Gasteiger partial charge in [0.25, 0.3) is 0 Å². The molecule has 0 bridgehead atoms. The maximum absolute atomic E-state index is 11.5. The Morgan fingerprint density at radius 1 is 1.53 bits per heavy atom. The molecule has 7 heteroatoms. The summed E-state index contributed by atoms with van der Waals surface area (Å²) >= 11 is 1.58. The summed E-state index contributed by atoms with van der Waals surface area (Å²) in [7, 11) is 0. The Kier molecular flexibility index (Phi) is 3.77. The molecule has 2 N–H and O–H groups in total. The molecule has 6 nitrogen and oxygen atoms in total. The average molecular weight is 282 g/mol. The highest BCUT2D eigenvalue weighted by Gasteiger charge is 2.16. The summed E-state index contributed by atoms with van der Waals surface area (Å²) in [5.41, 5.74) is 6.83. The van der Waals surface area contributed by atoms with Crippen LogP contribution in [0.3, 0.4) is 0 Å². The van der Waals surface area contributed by atoms with E-state index in [1.807, 2.05) is 43.7 Å². The van der Waals surface area contributed by atoms with Crippen LogP contribution in [-0.4, -0.2) is 21.1 Å². The Bertz CT molecular complexity index is 582. The highest BCUT2D eigenvalue weighted by molar-refractivity contribution is 7.15. The number of hydrazine groups is 1. The summed E-state index contributed by atoms with van der Waals surface area (Å²) in [6, 6.07) is 0. The van der Waals surface area contributed by atoms with Crippen LogP contribution >= 0.6 is 11.3 Å². The number of rotatable bonds is 3. The van der Waals surface area contributed by atoms with E-state index < -0.39 is 11.7 Å². The second kappa shape index (κ2) is 5.18. The quantitative estimate of drug-likeness (QED) is 0.847. The second-order valence-electron chi connectivity index (χ2n) is 5.18. The molecule has 1 amide bonds. The number of thiazole rings is 1. The summed E-state index contributed by atoms with van der Waals surface area (Å²) in [6.07, 6.45) is 1.47. The maximum atomic E-state index is 11.5. The van der Waals surface area contributed by atoms with Crippen molar-refractivity contribution in [3.63, 3.8) is 0 Å². The first-order valence-electron chi connectivity index (χ1n) is 6.00. The Morgan fingerprint density at radius 3 is 2.95 bits per heavy atom. The number of fused-ring (bicyclic) bond motifs is 1. The van der Waals surface area contributed by atoms with Crippen LogP contribution < -0.4 is 10.9 Å². The first-order valence-corrected chi connectivity index (χ1v) is 6.87. The number of amides is 1. The van der Waals surface area contributed by atoms with Crippen LogP contribution in [0, 0.1) is 6.92 Å². The molecule has 2 heterocycles. The number of nitrogens with zero attached hydrogens (tertiary/aromatic N) is 2. The number of aryl methyl sites for hydroxylation is 1. The molecular weight excluding hydrogens is 264 g/mol. The minimum absolute atomic E-state index is 0.489. The van der Waals surface area contributed by atoms with Crippen molar-refractivity contribution in [2.24, 2.45) is 0 Å². The number of hydrogen-bond donors (Lipinski definition) is 2. The van der Waals surface area contributed by atoms with E-state index in [2.05, 4.69) is 15.8 Å². The van der Waals surface area contributed by atoms with Crippen molar-refractivity contribution in [3.8, 4) is 0 Å². The molecule has 104 valence electrons. The normalized spacial score (nSPS) is 11.8. The van der Waals surface area contributed by atoms with Gasteiger partial charge in [0.2, 0.25) is 0 Å². The molecule has 19 heavy (non-hydrogen) atoms. The van der Waals surface area contributed by atoms with Gasteiger partial charge >= 0.3 is 6.09 Å². The van der Waals surface area contributed by atoms with E-state index in [0.717, 1.165) is 16.3 Å². The lowest BCUT2D eigenvalue weighted by atomic mass is 10.2. The smallest absolute Gasteiger partial charge is 0.422 e. The third-order valence-corrected chi connectivity index (χ3v) is 3.16. The molecule has 0 atom stereocenters. The third-order valence-electron chi connectivity index (χ3n) is 2.41. The van der Waals surface area contributed by atoms with E-state index >= 15 is 0 Å². The highest BCUT2D eigenvalue weighted by atomic mass is 32.1. The monoisotopic (exact) mass is 282 g/mol. The van der Waals surface area contributed by atoms with Crippen LogP contribution in [0.15, 0.2) is 11.6 Å². The fraction of sp³-hybridized carbons (Fsp3) is 0.500. The lowest BCUT2D eigenvalue weighted by molar-refractivity contribution is 0.0496. The zero-order valence-corrected chi connectivity index (χ0v) is 12.3. The molecule has 0 radical (unpaired) electrons. The summed E-state index contributed by atoms with van der Waals surface area (Å²) < 4.78 is 7.13. The van der Waals surface area contributed by atoms with E-state index in [9.17, 15) is 4.79 Å². The van der Waals surface area contributed by atoms with Crippen molar-refractivity contribution >= 4 is 22.4 Å². The molecule has 2 aromatic heterocycles. The first kappa shape index (κ1) is 13.8. The lowest BCUT2D eigenvalue weighted by Crippen LogP contribution is -2.41. The van der Waals surface area contributed by atoms with E-state index in [-0.39, 0.29) is 0 Å². The van der Waals surface area contributed by atoms with Crippen molar-refractivity contribution in [1.82, 2.24) is 20.2 Å². The number of nitrogens with one attached hydrogen (secondary N) is 2. The van der Waals surface area contributed by atoms with Crippen molar-refractivity contribution in [2.45, 2.75) is 39.8 Å². The molecule has 2 rings (SSSR count). The fourth-order valence-corrected chi connectivity index (χ4v) is 2.44. The van der Waals surface area contributed by atoms with Crippen molar-refractivity contribution in [1.29, 1.82) is 0 Å². The lowest BCUT2D eigenvalue weighted by Gasteiger charge is -2.19. The number of ether oxygens (including phenoxy) is 1. The van der Waals surface area contributed by atoms with Gasteiger partial charge in [-0.25, -0.2) is 15.2 Å². The van der Waals surface area contributed by atoms with Crippen molar-refractivity contribution in [3.05, 3.63) is 23.0 Å². The summed E-state index contributed by atoms with van der Waals surface area (Å²) in [5.74, 6) is 0. The number of hydrogen-bond acceptors (Lipinski definition) is 5. The maximum Gasteiger partial charge on any atom is 0.422 e. The largest absolute Gasteiger partial charge is 0.443 e. The minimum atomic E-state index is -0.501. The number of aromatic nitrogens is 2. The number of carbonyl (C=O) groups is 1. The van der Waals surface area contributed by atoms with E-state index in [0.29, 0.717) is 6.54 Å². The predicted octanol–water partition coefficient (Wildman–Crippen LogP) is 2.23. The van der Waals surface area contributed by atoms with Gasteiger partial charge in [0.1, 0.15) is 5.60 Å². The standard InChI is InChI=1S/C12H18N4O2S/c1-8-9(16-5-6-19-10(16)14-8)7-13-15-11(17)18-12(2,3)4/h5-6,13H,7H2,1-4H3,(H,15,17). The molecule has 0 aliphatic carbocycles. The van der Waals surface area contributed by atoms with Gasteiger partial charge in [0, 0.05) is 11.6 Å². The SMILES string of the molecule is Cc1nc2sccn2c1CNNC(=O)OC(C)(C)C. The third kappa shape index (κ3) is 3.45. The topological polar surface area (TPSA) is 67.7 Å².